The molecule has 0 spiro atoms. The number of carbonyl (C=O) groups excluding carboxylic acids is 2. The highest BCUT2D eigenvalue weighted by Gasteiger charge is 2.36. The van der Waals surface area contributed by atoms with E-state index in [1.165, 1.54) is 24.0 Å². The molecule has 1 aliphatic rings. The molecule has 138 valence electrons. The van der Waals surface area contributed by atoms with Crippen molar-refractivity contribution in [1.82, 2.24) is 4.90 Å². The number of amides is 1. The molecule has 1 aromatic carbocycles. The van der Waals surface area contributed by atoms with Crippen LogP contribution in [-0.4, -0.2) is 60.5 Å². The number of carbonyl (C=O) groups is 2. The lowest BCUT2D eigenvalue weighted by molar-refractivity contribution is -0.141. The van der Waals surface area contributed by atoms with Crippen molar-refractivity contribution < 1.29 is 27.9 Å². The van der Waals surface area contributed by atoms with E-state index in [1.807, 2.05) is 0 Å². The number of esters is 1. The molecule has 2 rings (SSSR count). The summed E-state index contributed by atoms with van der Waals surface area (Å²) in [5, 5.41) is 9.01. The van der Waals surface area contributed by atoms with Crippen LogP contribution >= 0.6 is 0 Å². The van der Waals surface area contributed by atoms with Crippen molar-refractivity contribution >= 4 is 21.7 Å². The third-order valence-corrected chi connectivity index (χ3v) is 6.03. The fraction of sp³-hybridized carbons (Fsp3) is 0.529. The summed E-state index contributed by atoms with van der Waals surface area (Å²) in [4.78, 5) is 26.2. The van der Waals surface area contributed by atoms with Gasteiger partial charge in [0.2, 0.25) is 0 Å². The van der Waals surface area contributed by atoms with Crippen LogP contribution in [0.4, 0.5) is 0 Å². The first kappa shape index (κ1) is 19.4. The van der Waals surface area contributed by atoms with Crippen LogP contribution < -0.4 is 0 Å². The predicted molar refractivity (Wildman–Crippen MR) is 91.7 cm³/mol. The lowest BCUT2D eigenvalue weighted by Crippen LogP contribution is -2.46. The zero-order valence-corrected chi connectivity index (χ0v) is 15.2. The number of rotatable bonds is 6. The Bertz CT molecular complexity index is 728. The average Bonchev–Trinajstić information content (AvgIpc) is 2.95. The second-order valence-corrected chi connectivity index (χ2v) is 8.31. The van der Waals surface area contributed by atoms with Gasteiger partial charge in [0.05, 0.1) is 23.7 Å². The Morgan fingerprint density at radius 2 is 1.96 bits per heavy atom. The highest BCUT2D eigenvalue weighted by molar-refractivity contribution is 7.91. The van der Waals surface area contributed by atoms with Crippen LogP contribution in [0.1, 0.15) is 36.2 Å². The number of sulfone groups is 1. The van der Waals surface area contributed by atoms with Crippen molar-refractivity contribution in [2.45, 2.75) is 39.0 Å². The van der Waals surface area contributed by atoms with E-state index in [-0.39, 0.29) is 29.7 Å². The summed E-state index contributed by atoms with van der Waals surface area (Å²) < 4.78 is 28.5. The maximum atomic E-state index is 12.6. The number of ether oxygens (including phenoxy) is 1. The van der Waals surface area contributed by atoms with E-state index in [1.54, 1.807) is 19.1 Å². The third-order valence-electron chi connectivity index (χ3n) is 4.28. The van der Waals surface area contributed by atoms with Crippen LogP contribution in [-0.2, 0) is 26.0 Å². The zero-order valence-electron chi connectivity index (χ0n) is 14.3. The molecule has 0 saturated carbocycles. The monoisotopic (exact) mass is 369 g/mol. The quantitative estimate of drug-likeness (QED) is 0.743. The zero-order chi connectivity index (χ0) is 18.6. The Hall–Kier alpha value is -1.93. The summed E-state index contributed by atoms with van der Waals surface area (Å²) in [6.07, 6.45) is -0.598. The van der Waals surface area contributed by atoms with Gasteiger partial charge in [-0.3, -0.25) is 4.79 Å². The lowest BCUT2D eigenvalue weighted by atomic mass is 10.1. The van der Waals surface area contributed by atoms with Crippen LogP contribution in [0.3, 0.4) is 0 Å². The number of likely N-dealkylation sites (N-methyl/N-ethyl adjacent to an activating group) is 1. The molecule has 1 amide bonds. The summed E-state index contributed by atoms with van der Waals surface area (Å²) in [6.45, 7) is 3.48. The van der Waals surface area contributed by atoms with Gasteiger partial charge in [-0.1, -0.05) is 12.1 Å². The smallest absolute Gasteiger partial charge is 0.338 e. The van der Waals surface area contributed by atoms with E-state index in [0.717, 1.165) is 0 Å². The first-order valence-corrected chi connectivity index (χ1v) is 10.0. The molecule has 8 heteroatoms. The van der Waals surface area contributed by atoms with Gasteiger partial charge in [0, 0.05) is 12.6 Å². The Morgan fingerprint density at radius 3 is 2.44 bits per heavy atom. The van der Waals surface area contributed by atoms with Gasteiger partial charge in [0.15, 0.2) is 15.9 Å². The molecule has 7 nitrogen and oxygen atoms in total. The molecule has 0 unspecified atom stereocenters. The van der Waals surface area contributed by atoms with Crippen LogP contribution in [0.2, 0.25) is 0 Å². The summed E-state index contributed by atoms with van der Waals surface area (Å²) >= 11 is 0. The van der Waals surface area contributed by atoms with E-state index in [2.05, 4.69) is 0 Å². The molecule has 0 aliphatic carbocycles. The third kappa shape index (κ3) is 4.79. The van der Waals surface area contributed by atoms with E-state index in [9.17, 15) is 18.0 Å². The normalized spacial score (nSPS) is 20.0. The number of aliphatic hydroxyl groups excluding tert-OH is 1. The molecule has 1 heterocycles. The van der Waals surface area contributed by atoms with Crippen molar-refractivity contribution in [3.8, 4) is 0 Å². The van der Waals surface area contributed by atoms with Gasteiger partial charge in [0.1, 0.15) is 0 Å². The van der Waals surface area contributed by atoms with Gasteiger partial charge in [-0.05, 0) is 38.0 Å². The number of benzene rings is 1. The van der Waals surface area contributed by atoms with Gasteiger partial charge < -0.3 is 14.7 Å². The Morgan fingerprint density at radius 1 is 1.32 bits per heavy atom. The molecule has 0 aromatic heterocycles. The van der Waals surface area contributed by atoms with Crippen molar-refractivity contribution in [3.05, 3.63) is 35.4 Å². The highest BCUT2D eigenvalue weighted by Crippen LogP contribution is 2.19. The summed E-state index contributed by atoms with van der Waals surface area (Å²) in [5.41, 5.74) is 0.948. The van der Waals surface area contributed by atoms with Crippen LogP contribution in [0.5, 0.6) is 0 Å². The first-order chi connectivity index (χ1) is 11.8. The van der Waals surface area contributed by atoms with E-state index in [0.29, 0.717) is 18.5 Å². The molecule has 1 aliphatic heterocycles. The minimum Gasteiger partial charge on any atom is -0.449 e. The predicted octanol–water partition coefficient (Wildman–Crippen LogP) is 0.760. The van der Waals surface area contributed by atoms with Crippen molar-refractivity contribution in [2.75, 3.05) is 18.1 Å². The average molecular weight is 369 g/mol. The molecular formula is C17H23NO6S. The topological polar surface area (TPSA) is 101 Å². The number of nitrogens with zero attached hydrogens (tertiary/aromatic N) is 1. The number of hydrogen-bond donors (Lipinski definition) is 1. The SMILES string of the molecule is CCN(C(=O)[C@H](C)OC(=O)c1ccc(CO)cc1)[C@@H]1CCS(=O)(=O)C1. The number of aliphatic hydroxyl groups is 1. The highest BCUT2D eigenvalue weighted by atomic mass is 32.2. The summed E-state index contributed by atoms with van der Waals surface area (Å²) in [6, 6.07) is 5.88. The lowest BCUT2D eigenvalue weighted by Gasteiger charge is -2.29. The number of hydrogen-bond acceptors (Lipinski definition) is 6. The van der Waals surface area contributed by atoms with E-state index < -0.39 is 27.8 Å². The summed E-state index contributed by atoms with van der Waals surface area (Å²) in [5.74, 6) is -1.01. The fourth-order valence-corrected chi connectivity index (χ4v) is 4.60. The molecule has 1 aromatic rings. The molecule has 1 N–H and O–H groups in total. The molecule has 0 radical (unpaired) electrons. The maximum Gasteiger partial charge on any atom is 0.338 e. The first-order valence-electron chi connectivity index (χ1n) is 8.19. The van der Waals surface area contributed by atoms with Gasteiger partial charge in [-0.15, -0.1) is 0 Å². The van der Waals surface area contributed by atoms with Crippen LogP contribution in [0, 0.1) is 0 Å². The van der Waals surface area contributed by atoms with Crippen LogP contribution in [0.25, 0.3) is 0 Å². The van der Waals surface area contributed by atoms with Gasteiger partial charge >= 0.3 is 5.97 Å². The van der Waals surface area contributed by atoms with E-state index >= 15 is 0 Å². The van der Waals surface area contributed by atoms with Crippen LogP contribution in [0.15, 0.2) is 24.3 Å². The summed E-state index contributed by atoms with van der Waals surface area (Å²) in [7, 11) is -3.10. The van der Waals surface area contributed by atoms with Crippen molar-refractivity contribution in [3.63, 3.8) is 0 Å². The second-order valence-electron chi connectivity index (χ2n) is 6.08. The second kappa shape index (κ2) is 7.97. The molecule has 25 heavy (non-hydrogen) atoms. The Labute approximate surface area is 147 Å². The van der Waals surface area contributed by atoms with Gasteiger partial charge in [0.25, 0.3) is 5.91 Å². The minimum atomic E-state index is -3.10. The minimum absolute atomic E-state index is 0.0458. The molecular weight excluding hydrogens is 346 g/mol. The van der Waals surface area contributed by atoms with E-state index in [4.69, 9.17) is 9.84 Å². The van der Waals surface area contributed by atoms with Gasteiger partial charge in [-0.25, -0.2) is 13.2 Å². The Kier molecular flexibility index (Phi) is 6.18. The maximum absolute atomic E-state index is 12.6. The fourth-order valence-electron chi connectivity index (χ4n) is 2.87. The molecule has 1 saturated heterocycles. The molecule has 1 fully saturated rings. The standard InChI is InChI=1S/C17H23NO6S/c1-3-18(15-8-9-25(22,23)11-15)16(20)12(2)24-17(21)14-6-4-13(10-19)5-7-14/h4-7,12,15,19H,3,8-11H2,1-2H3/t12-,15+/m0/s1. The van der Waals surface area contributed by atoms with Crippen molar-refractivity contribution in [1.29, 1.82) is 0 Å². The molecule has 0 bridgehead atoms. The van der Waals surface area contributed by atoms with Crippen molar-refractivity contribution in [2.24, 2.45) is 0 Å². The Balaban J connectivity index is 2.01. The largest absolute Gasteiger partial charge is 0.449 e. The van der Waals surface area contributed by atoms with Gasteiger partial charge in [-0.2, -0.15) is 0 Å². The molecule has 2 atom stereocenters.